The Bertz CT molecular complexity index is 1410. The lowest BCUT2D eigenvalue weighted by Crippen LogP contribution is -2.10. The first-order valence-corrected chi connectivity index (χ1v) is 13.6. The number of aryl methyl sites for hydroxylation is 1. The Kier molecular flexibility index (Phi) is 6.45. The van der Waals surface area contributed by atoms with Gasteiger partial charge < -0.3 is 9.88 Å². The number of benzene rings is 1. The van der Waals surface area contributed by atoms with Crippen LogP contribution in [0.1, 0.15) is 24.2 Å². The molecule has 3 heterocycles. The summed E-state index contributed by atoms with van der Waals surface area (Å²) in [7, 11) is -2.52. The number of hydrogen-bond acceptors (Lipinski definition) is 5. The summed E-state index contributed by atoms with van der Waals surface area (Å²) in [5, 5.41) is 4.44. The molecular formula is C24H22Cl2FN4OP. The van der Waals surface area contributed by atoms with E-state index in [0.717, 1.165) is 5.56 Å². The molecule has 1 aromatic carbocycles. The van der Waals surface area contributed by atoms with Crippen LogP contribution in [0.3, 0.4) is 0 Å². The minimum absolute atomic E-state index is 0.115. The van der Waals surface area contributed by atoms with E-state index in [1.54, 1.807) is 32.4 Å². The highest BCUT2D eigenvalue weighted by molar-refractivity contribution is 7.69. The maximum Gasteiger partial charge on any atom is 0.151 e. The van der Waals surface area contributed by atoms with E-state index in [0.29, 0.717) is 43.5 Å². The molecule has 0 bridgehead atoms. The number of nitrogens with one attached hydrogen (secondary N) is 1. The van der Waals surface area contributed by atoms with Crippen molar-refractivity contribution < 1.29 is 8.96 Å². The number of rotatable bonds is 5. The van der Waals surface area contributed by atoms with Crippen molar-refractivity contribution in [1.29, 1.82) is 0 Å². The van der Waals surface area contributed by atoms with Gasteiger partial charge in [-0.05, 0) is 57.0 Å². The highest BCUT2D eigenvalue weighted by Crippen LogP contribution is 2.37. The maximum absolute atomic E-state index is 15.0. The number of pyridine rings is 3. The zero-order valence-electron chi connectivity index (χ0n) is 18.5. The van der Waals surface area contributed by atoms with Crippen molar-refractivity contribution in [3.8, 4) is 11.3 Å². The van der Waals surface area contributed by atoms with Gasteiger partial charge >= 0.3 is 0 Å². The number of hydrogen-bond donors (Lipinski definition) is 1. The van der Waals surface area contributed by atoms with Crippen LogP contribution < -0.4 is 10.8 Å². The lowest BCUT2D eigenvalue weighted by Gasteiger charge is -2.19. The third kappa shape index (κ3) is 4.89. The predicted octanol–water partition coefficient (Wildman–Crippen LogP) is 6.87. The fourth-order valence-electron chi connectivity index (χ4n) is 3.52. The van der Waals surface area contributed by atoms with E-state index >= 15 is 4.39 Å². The summed E-state index contributed by atoms with van der Waals surface area (Å²) in [6.45, 7) is 7.02. The van der Waals surface area contributed by atoms with Gasteiger partial charge in [0.2, 0.25) is 0 Å². The Balaban J connectivity index is 1.83. The Morgan fingerprint density at radius 3 is 2.48 bits per heavy atom. The molecule has 0 aliphatic carbocycles. The Morgan fingerprint density at radius 2 is 1.85 bits per heavy atom. The molecule has 5 nitrogen and oxygen atoms in total. The van der Waals surface area contributed by atoms with E-state index in [-0.39, 0.29) is 11.7 Å². The second-order valence-corrected chi connectivity index (χ2v) is 12.2. The van der Waals surface area contributed by atoms with Crippen LogP contribution in [-0.2, 0) is 4.57 Å². The van der Waals surface area contributed by atoms with Gasteiger partial charge in [-0.15, -0.1) is 0 Å². The molecule has 170 valence electrons. The molecule has 0 aliphatic heterocycles. The van der Waals surface area contributed by atoms with E-state index in [1.165, 1.54) is 12.3 Å². The van der Waals surface area contributed by atoms with Gasteiger partial charge in [0.25, 0.3) is 0 Å². The Labute approximate surface area is 201 Å². The SMILES string of the molecule is Cc1nc2cc(F)c(-c3ccc(P(C)(C)=O)nc3)nc2c(N[C@H](C)c2cccc(Cl)c2)c1Cl. The summed E-state index contributed by atoms with van der Waals surface area (Å²) >= 11 is 12.8. The summed E-state index contributed by atoms with van der Waals surface area (Å²) in [4.78, 5) is 13.3. The molecule has 33 heavy (non-hydrogen) atoms. The number of anilines is 1. The van der Waals surface area contributed by atoms with Gasteiger partial charge in [-0.2, -0.15) is 0 Å². The second-order valence-electron chi connectivity index (χ2n) is 8.25. The van der Waals surface area contributed by atoms with Crippen LogP contribution >= 0.6 is 30.3 Å². The third-order valence-corrected chi connectivity index (χ3v) is 7.37. The second kappa shape index (κ2) is 9.02. The smallest absolute Gasteiger partial charge is 0.151 e. The van der Waals surface area contributed by atoms with Gasteiger partial charge in [-0.25, -0.2) is 14.4 Å². The molecule has 0 saturated heterocycles. The van der Waals surface area contributed by atoms with Crippen LogP contribution in [0, 0.1) is 12.7 Å². The normalized spacial score (nSPS) is 12.7. The van der Waals surface area contributed by atoms with Crippen LogP contribution in [-0.4, -0.2) is 28.3 Å². The summed E-state index contributed by atoms with van der Waals surface area (Å²) < 4.78 is 27.3. The molecule has 0 saturated carbocycles. The number of aromatic nitrogens is 3. The van der Waals surface area contributed by atoms with Gasteiger partial charge in [0, 0.05) is 28.9 Å². The molecule has 1 N–H and O–H groups in total. The van der Waals surface area contributed by atoms with Crippen molar-refractivity contribution in [3.05, 3.63) is 75.8 Å². The molecule has 0 fully saturated rings. The topological polar surface area (TPSA) is 67.8 Å². The quantitative estimate of drug-likeness (QED) is 0.301. The van der Waals surface area contributed by atoms with Crippen molar-refractivity contribution in [2.45, 2.75) is 19.9 Å². The first kappa shape index (κ1) is 23.6. The molecular weight excluding hydrogens is 481 g/mol. The molecule has 3 aromatic heterocycles. The van der Waals surface area contributed by atoms with E-state index in [9.17, 15) is 4.57 Å². The minimum Gasteiger partial charge on any atom is -0.375 e. The lowest BCUT2D eigenvalue weighted by molar-refractivity contribution is 0.588. The molecule has 4 rings (SSSR count). The average Bonchev–Trinajstić information content (AvgIpc) is 2.76. The summed E-state index contributed by atoms with van der Waals surface area (Å²) in [5.74, 6) is -0.531. The van der Waals surface area contributed by atoms with Crippen molar-refractivity contribution >= 4 is 52.5 Å². The highest BCUT2D eigenvalue weighted by atomic mass is 35.5. The van der Waals surface area contributed by atoms with Crippen LogP contribution in [0.4, 0.5) is 10.1 Å². The Morgan fingerprint density at radius 1 is 1.09 bits per heavy atom. The van der Waals surface area contributed by atoms with Gasteiger partial charge in [0.15, 0.2) is 5.82 Å². The third-order valence-electron chi connectivity index (χ3n) is 5.30. The van der Waals surface area contributed by atoms with E-state index in [2.05, 4.69) is 20.3 Å². The first-order chi connectivity index (χ1) is 15.5. The minimum atomic E-state index is -2.52. The van der Waals surface area contributed by atoms with Crippen LogP contribution in [0.2, 0.25) is 10.0 Å². The first-order valence-electron chi connectivity index (χ1n) is 10.2. The van der Waals surface area contributed by atoms with Crippen molar-refractivity contribution in [1.82, 2.24) is 15.0 Å². The fourth-order valence-corrected chi connectivity index (χ4v) is 4.67. The largest absolute Gasteiger partial charge is 0.375 e. The molecule has 4 aromatic rings. The molecule has 0 unspecified atom stereocenters. The van der Waals surface area contributed by atoms with Crippen LogP contribution in [0.25, 0.3) is 22.3 Å². The predicted molar refractivity (Wildman–Crippen MR) is 135 cm³/mol. The van der Waals surface area contributed by atoms with Gasteiger partial charge in [0.1, 0.15) is 18.4 Å². The van der Waals surface area contributed by atoms with E-state index < -0.39 is 13.0 Å². The van der Waals surface area contributed by atoms with Crippen molar-refractivity contribution in [2.75, 3.05) is 18.6 Å². The monoisotopic (exact) mass is 502 g/mol. The van der Waals surface area contributed by atoms with E-state index in [1.807, 2.05) is 31.2 Å². The van der Waals surface area contributed by atoms with Crippen molar-refractivity contribution in [3.63, 3.8) is 0 Å². The molecule has 0 amide bonds. The molecule has 9 heteroatoms. The zero-order valence-corrected chi connectivity index (χ0v) is 20.9. The van der Waals surface area contributed by atoms with Gasteiger partial charge in [0.05, 0.1) is 27.4 Å². The van der Waals surface area contributed by atoms with Crippen molar-refractivity contribution in [2.24, 2.45) is 0 Å². The van der Waals surface area contributed by atoms with E-state index in [4.69, 9.17) is 23.2 Å². The number of halogens is 3. The van der Waals surface area contributed by atoms with Crippen LogP contribution in [0.5, 0.6) is 0 Å². The molecule has 1 atom stereocenters. The zero-order chi connectivity index (χ0) is 23.9. The molecule has 0 spiro atoms. The molecule has 0 radical (unpaired) electrons. The number of fused-ring (bicyclic) bond motifs is 1. The Hall–Kier alpha value is -2.53. The van der Waals surface area contributed by atoms with Gasteiger partial charge in [-0.1, -0.05) is 35.3 Å². The van der Waals surface area contributed by atoms with Crippen LogP contribution in [0.15, 0.2) is 48.7 Å². The lowest BCUT2D eigenvalue weighted by atomic mass is 10.1. The fraction of sp³-hybridized carbons (Fsp3) is 0.208. The summed E-state index contributed by atoms with van der Waals surface area (Å²) in [5.41, 5.74) is 3.97. The standard InChI is InChI=1S/C24H22Cl2FN4OP/c1-13(15-6-5-7-17(25)10-15)30-24-21(26)14(2)29-19-11-18(27)22(31-23(19)24)16-8-9-20(28-12-16)33(3,4)32/h5-13H,1-4H3,(H,29,30)/t13-/m1/s1. The molecule has 0 aliphatic rings. The maximum atomic E-state index is 15.0. The average molecular weight is 503 g/mol. The number of nitrogens with zero attached hydrogens (tertiary/aromatic N) is 3. The summed E-state index contributed by atoms with van der Waals surface area (Å²) in [6, 6.07) is 12.0. The summed E-state index contributed by atoms with van der Waals surface area (Å²) in [6.07, 6.45) is 1.48. The highest BCUT2D eigenvalue weighted by Gasteiger charge is 2.20. The van der Waals surface area contributed by atoms with Gasteiger partial charge in [-0.3, -0.25) is 4.98 Å².